The molecule has 3 rings (SSSR count). The topological polar surface area (TPSA) is 93.1 Å². The molecule has 2 N–H and O–H groups in total. The number of ketones is 1. The normalized spacial score (nSPS) is 10.6. The van der Waals surface area contributed by atoms with Gasteiger partial charge in [0, 0.05) is 18.1 Å². The fourth-order valence-electron chi connectivity index (χ4n) is 3.37. The van der Waals surface area contributed by atoms with Crippen molar-refractivity contribution >= 4 is 11.8 Å². The van der Waals surface area contributed by atoms with Crippen LogP contribution in [-0.4, -0.2) is 35.2 Å². The Bertz CT molecular complexity index is 1090. The summed E-state index contributed by atoms with van der Waals surface area (Å²) in [4.78, 5) is 24.5. The highest BCUT2D eigenvalue weighted by molar-refractivity contribution is 6.10. The Hall–Kier alpha value is -3.64. The molecule has 0 aliphatic carbocycles. The summed E-state index contributed by atoms with van der Waals surface area (Å²) < 4.78 is 10.7. The SMILES string of the molecule is CCCCOC(=O)CCCOc1ccc(C(=O)c2ccc(-c3ccc(CO)cc3)cc2)c(O)c1. The molecule has 0 atom stereocenters. The molecule has 34 heavy (non-hydrogen) atoms. The summed E-state index contributed by atoms with van der Waals surface area (Å²) in [7, 11) is 0. The van der Waals surface area contributed by atoms with E-state index < -0.39 is 0 Å². The molecule has 0 aliphatic heterocycles. The van der Waals surface area contributed by atoms with Gasteiger partial charge in [0.15, 0.2) is 5.78 Å². The lowest BCUT2D eigenvalue weighted by Gasteiger charge is -2.10. The van der Waals surface area contributed by atoms with Gasteiger partial charge in [0.1, 0.15) is 11.5 Å². The summed E-state index contributed by atoms with van der Waals surface area (Å²) in [6.45, 7) is 2.78. The van der Waals surface area contributed by atoms with Crippen LogP contribution < -0.4 is 4.74 Å². The van der Waals surface area contributed by atoms with Gasteiger partial charge in [-0.25, -0.2) is 0 Å². The Morgan fingerprint density at radius 2 is 1.53 bits per heavy atom. The van der Waals surface area contributed by atoms with Gasteiger partial charge in [-0.05, 0) is 41.7 Å². The van der Waals surface area contributed by atoms with E-state index in [0.717, 1.165) is 29.5 Å². The smallest absolute Gasteiger partial charge is 0.305 e. The van der Waals surface area contributed by atoms with E-state index in [9.17, 15) is 14.7 Å². The maximum atomic E-state index is 12.9. The standard InChI is InChI=1S/C28H30O6/c1-2-3-16-34-27(31)5-4-17-33-24-14-15-25(26(30)18-24)28(32)23-12-10-22(11-13-23)21-8-6-20(19-29)7-9-21/h6-15,18,29-30H,2-5,16-17,19H2,1H3. The van der Waals surface area contributed by atoms with Crippen LogP contribution in [0.2, 0.25) is 0 Å². The van der Waals surface area contributed by atoms with E-state index in [1.807, 2.05) is 43.3 Å². The lowest BCUT2D eigenvalue weighted by molar-refractivity contribution is -0.144. The van der Waals surface area contributed by atoms with Crippen molar-refractivity contribution in [1.29, 1.82) is 0 Å². The van der Waals surface area contributed by atoms with Crippen molar-refractivity contribution in [3.63, 3.8) is 0 Å². The van der Waals surface area contributed by atoms with E-state index in [1.54, 1.807) is 18.2 Å². The predicted molar refractivity (Wildman–Crippen MR) is 130 cm³/mol. The molecule has 0 aromatic heterocycles. The zero-order valence-electron chi connectivity index (χ0n) is 19.3. The molecule has 3 aromatic rings. The van der Waals surface area contributed by atoms with Gasteiger partial charge in [0.2, 0.25) is 0 Å². The van der Waals surface area contributed by atoms with Crippen LogP contribution in [0.1, 0.15) is 54.1 Å². The summed E-state index contributed by atoms with van der Waals surface area (Å²) >= 11 is 0. The predicted octanol–water partition coefficient (Wildman–Crippen LogP) is 5.28. The van der Waals surface area contributed by atoms with Crippen molar-refractivity contribution in [2.45, 2.75) is 39.2 Å². The number of benzene rings is 3. The number of phenolic OH excluding ortho intramolecular Hbond substituents is 1. The van der Waals surface area contributed by atoms with Gasteiger partial charge in [-0.15, -0.1) is 0 Å². The summed E-state index contributed by atoms with van der Waals surface area (Å²) in [6, 6.07) is 19.3. The molecule has 3 aromatic carbocycles. The molecule has 178 valence electrons. The fraction of sp³-hybridized carbons (Fsp3) is 0.286. The minimum Gasteiger partial charge on any atom is -0.507 e. The van der Waals surface area contributed by atoms with E-state index >= 15 is 0 Å². The van der Waals surface area contributed by atoms with E-state index in [1.165, 1.54) is 12.1 Å². The molecule has 0 spiro atoms. The van der Waals surface area contributed by atoms with Gasteiger partial charge in [-0.1, -0.05) is 61.9 Å². The number of aliphatic hydroxyl groups is 1. The third-order valence-corrected chi connectivity index (χ3v) is 5.39. The first-order valence-corrected chi connectivity index (χ1v) is 11.5. The van der Waals surface area contributed by atoms with E-state index in [-0.39, 0.29) is 36.1 Å². The van der Waals surface area contributed by atoms with Crippen LogP contribution >= 0.6 is 0 Å². The molecule has 6 heteroatoms. The highest BCUT2D eigenvalue weighted by Gasteiger charge is 2.15. The number of aromatic hydroxyl groups is 1. The molecule has 0 fully saturated rings. The first-order valence-electron chi connectivity index (χ1n) is 11.5. The third kappa shape index (κ3) is 6.93. The zero-order valence-corrected chi connectivity index (χ0v) is 19.3. The molecular weight excluding hydrogens is 432 g/mol. The highest BCUT2D eigenvalue weighted by Crippen LogP contribution is 2.27. The Morgan fingerprint density at radius 3 is 2.15 bits per heavy atom. The number of carbonyl (C=O) groups is 2. The minimum atomic E-state index is -0.291. The number of hydrogen-bond donors (Lipinski definition) is 2. The Kier molecular flexibility index (Phi) is 9.23. The van der Waals surface area contributed by atoms with Gasteiger partial charge < -0.3 is 19.7 Å². The van der Waals surface area contributed by atoms with Crippen molar-refractivity contribution < 1.29 is 29.3 Å². The van der Waals surface area contributed by atoms with Crippen molar-refractivity contribution in [3.05, 3.63) is 83.4 Å². The molecule has 0 unspecified atom stereocenters. The second-order valence-electron chi connectivity index (χ2n) is 7.97. The Labute approximate surface area is 199 Å². The average molecular weight is 463 g/mol. The number of unbranched alkanes of at least 4 members (excludes halogenated alkanes) is 1. The number of ether oxygens (including phenoxy) is 2. The minimum absolute atomic E-state index is 0.00516. The molecule has 0 radical (unpaired) electrons. The van der Waals surface area contributed by atoms with E-state index in [0.29, 0.717) is 30.9 Å². The molecule has 0 saturated heterocycles. The van der Waals surface area contributed by atoms with Crippen LogP contribution in [0, 0.1) is 0 Å². The number of carbonyl (C=O) groups excluding carboxylic acids is 2. The van der Waals surface area contributed by atoms with Crippen molar-refractivity contribution in [2.75, 3.05) is 13.2 Å². The first kappa shape index (κ1) is 25.0. The number of phenols is 1. The van der Waals surface area contributed by atoms with Gasteiger partial charge in [-0.2, -0.15) is 0 Å². The molecular formula is C28H30O6. The Morgan fingerprint density at radius 1 is 0.853 bits per heavy atom. The van der Waals surface area contributed by atoms with Gasteiger partial charge >= 0.3 is 5.97 Å². The van der Waals surface area contributed by atoms with Crippen LogP contribution in [0.3, 0.4) is 0 Å². The molecule has 0 saturated carbocycles. The zero-order chi connectivity index (χ0) is 24.3. The first-order chi connectivity index (χ1) is 16.5. The number of aliphatic hydroxyl groups excluding tert-OH is 1. The third-order valence-electron chi connectivity index (χ3n) is 5.39. The fourth-order valence-corrected chi connectivity index (χ4v) is 3.37. The van der Waals surface area contributed by atoms with Crippen LogP contribution in [0.15, 0.2) is 66.7 Å². The summed E-state index contributed by atoms with van der Waals surface area (Å²) in [6.07, 6.45) is 2.61. The van der Waals surface area contributed by atoms with Gasteiger partial charge in [0.05, 0.1) is 25.4 Å². The molecule has 6 nitrogen and oxygen atoms in total. The quantitative estimate of drug-likeness (QED) is 0.216. The van der Waals surface area contributed by atoms with Crippen LogP contribution in [0.5, 0.6) is 11.5 Å². The van der Waals surface area contributed by atoms with Gasteiger partial charge in [-0.3, -0.25) is 9.59 Å². The average Bonchev–Trinajstić information content (AvgIpc) is 2.87. The number of rotatable bonds is 12. The van der Waals surface area contributed by atoms with Crippen molar-refractivity contribution in [1.82, 2.24) is 0 Å². The Balaban J connectivity index is 1.55. The lowest BCUT2D eigenvalue weighted by atomic mass is 9.98. The molecule has 0 bridgehead atoms. The molecule has 0 heterocycles. The van der Waals surface area contributed by atoms with Crippen molar-refractivity contribution in [3.8, 4) is 22.6 Å². The summed E-state index contributed by atoms with van der Waals surface area (Å²) in [5.41, 5.74) is 3.41. The highest BCUT2D eigenvalue weighted by atomic mass is 16.5. The lowest BCUT2D eigenvalue weighted by Crippen LogP contribution is -2.08. The van der Waals surface area contributed by atoms with E-state index in [2.05, 4.69) is 0 Å². The van der Waals surface area contributed by atoms with Crippen LogP contribution in [0.25, 0.3) is 11.1 Å². The number of esters is 1. The molecule has 0 aliphatic rings. The second kappa shape index (κ2) is 12.6. The van der Waals surface area contributed by atoms with E-state index in [4.69, 9.17) is 14.6 Å². The molecule has 0 amide bonds. The maximum absolute atomic E-state index is 12.9. The number of hydrogen-bond acceptors (Lipinski definition) is 6. The second-order valence-corrected chi connectivity index (χ2v) is 7.97. The van der Waals surface area contributed by atoms with Crippen LogP contribution in [-0.2, 0) is 16.1 Å². The van der Waals surface area contributed by atoms with Crippen LogP contribution in [0.4, 0.5) is 0 Å². The van der Waals surface area contributed by atoms with Gasteiger partial charge in [0.25, 0.3) is 0 Å². The maximum Gasteiger partial charge on any atom is 0.305 e. The summed E-state index contributed by atoms with van der Waals surface area (Å²) in [5, 5.41) is 19.5. The summed E-state index contributed by atoms with van der Waals surface area (Å²) in [5.74, 6) is -0.268. The van der Waals surface area contributed by atoms with Crippen molar-refractivity contribution in [2.24, 2.45) is 0 Å². The largest absolute Gasteiger partial charge is 0.507 e. The monoisotopic (exact) mass is 462 g/mol.